The molecule has 0 atom stereocenters. The number of nitrogens with zero attached hydrogens (tertiary/aromatic N) is 1. The minimum Gasteiger partial charge on any atom is -0.493 e. The highest BCUT2D eigenvalue weighted by atomic mass is 16.5. The van der Waals surface area contributed by atoms with Gasteiger partial charge in [-0.2, -0.15) is 0 Å². The van der Waals surface area contributed by atoms with Crippen LogP contribution in [-0.4, -0.2) is 25.3 Å². The molecule has 31 heavy (non-hydrogen) atoms. The minimum atomic E-state index is -0.616. The monoisotopic (exact) mass is 420 g/mol. The number of fused-ring (bicyclic) bond motifs is 1. The van der Waals surface area contributed by atoms with E-state index in [0.29, 0.717) is 33.7 Å². The first-order valence-electron chi connectivity index (χ1n) is 9.45. The van der Waals surface area contributed by atoms with Crippen LogP contribution in [0.1, 0.15) is 21.7 Å². The highest BCUT2D eigenvalue weighted by molar-refractivity contribution is 6.02. The van der Waals surface area contributed by atoms with Gasteiger partial charge in [0, 0.05) is 17.7 Å². The molecule has 0 spiro atoms. The van der Waals surface area contributed by atoms with Gasteiger partial charge in [-0.05, 0) is 49.2 Å². The average Bonchev–Trinajstić information content (AvgIpc) is 3.24. The van der Waals surface area contributed by atoms with Crippen LogP contribution in [-0.2, 0) is 0 Å². The smallest absolute Gasteiger partial charge is 0.293 e. The predicted molar refractivity (Wildman–Crippen MR) is 115 cm³/mol. The van der Waals surface area contributed by atoms with Crippen molar-refractivity contribution in [2.24, 2.45) is 0 Å². The van der Waals surface area contributed by atoms with Gasteiger partial charge in [0.15, 0.2) is 22.7 Å². The lowest BCUT2D eigenvalue weighted by Crippen LogP contribution is -2.15. The normalized spacial score (nSPS) is 10.8. The molecule has 0 radical (unpaired) electrons. The van der Waals surface area contributed by atoms with Crippen molar-refractivity contribution in [3.63, 3.8) is 0 Å². The molecule has 2 aromatic carbocycles. The number of aryl methyl sites for hydroxylation is 2. The van der Waals surface area contributed by atoms with E-state index in [1.165, 1.54) is 7.11 Å². The summed E-state index contributed by atoms with van der Waals surface area (Å²) in [5, 5.41) is 6.97. The van der Waals surface area contributed by atoms with Crippen LogP contribution < -0.4 is 20.2 Å². The topological polar surface area (TPSA) is 104 Å². The molecule has 0 saturated heterocycles. The molecule has 0 saturated carbocycles. The number of hydrogen-bond donors (Lipinski definition) is 1. The van der Waals surface area contributed by atoms with Crippen molar-refractivity contribution in [1.82, 2.24) is 5.16 Å². The first-order chi connectivity index (χ1) is 14.9. The number of carbonyl (C=O) groups is 1. The highest BCUT2D eigenvalue weighted by Gasteiger charge is 2.17. The molecule has 2 heterocycles. The van der Waals surface area contributed by atoms with Crippen molar-refractivity contribution >= 4 is 22.8 Å². The second kappa shape index (κ2) is 7.98. The van der Waals surface area contributed by atoms with Crippen LogP contribution in [0, 0.1) is 13.8 Å². The Bertz CT molecular complexity index is 1350. The fourth-order valence-electron chi connectivity index (χ4n) is 3.20. The number of hydrogen-bond acceptors (Lipinski definition) is 7. The molecule has 4 rings (SSSR count). The number of anilines is 1. The second-order valence-corrected chi connectivity index (χ2v) is 6.96. The van der Waals surface area contributed by atoms with Gasteiger partial charge >= 0.3 is 0 Å². The van der Waals surface area contributed by atoms with Crippen molar-refractivity contribution < 1.29 is 23.2 Å². The zero-order valence-electron chi connectivity index (χ0n) is 17.4. The van der Waals surface area contributed by atoms with Gasteiger partial charge in [0.25, 0.3) is 5.91 Å². The Hall–Kier alpha value is -4.07. The molecule has 1 N–H and O–H groups in total. The zero-order chi connectivity index (χ0) is 22.1. The molecule has 8 nitrogen and oxygen atoms in total. The van der Waals surface area contributed by atoms with Crippen LogP contribution in [0.4, 0.5) is 5.88 Å². The maximum absolute atomic E-state index is 12.7. The standard InChI is InChI=1S/C23H20N2O6/c1-12-5-7-15-17(26)11-20(30-22(15)13(12)2)23(27)24-21-10-16(25-31-21)14-6-8-18(28-3)19(9-14)29-4/h5-11H,1-4H3,(H,24,27). The predicted octanol–water partition coefficient (Wildman–Crippen LogP) is 4.33. The highest BCUT2D eigenvalue weighted by Crippen LogP contribution is 2.32. The van der Waals surface area contributed by atoms with E-state index < -0.39 is 5.91 Å². The molecule has 1 amide bonds. The summed E-state index contributed by atoms with van der Waals surface area (Å²) in [6, 6.07) is 11.5. The Morgan fingerprint density at radius 2 is 1.77 bits per heavy atom. The Balaban J connectivity index is 1.61. The van der Waals surface area contributed by atoms with E-state index in [2.05, 4.69) is 10.5 Å². The minimum absolute atomic E-state index is 0.110. The van der Waals surface area contributed by atoms with Gasteiger partial charge in [0.1, 0.15) is 11.3 Å². The molecular formula is C23H20N2O6. The fourth-order valence-corrected chi connectivity index (χ4v) is 3.20. The lowest BCUT2D eigenvalue weighted by atomic mass is 10.1. The first kappa shape index (κ1) is 20.2. The van der Waals surface area contributed by atoms with Crippen LogP contribution in [0.2, 0.25) is 0 Å². The maximum Gasteiger partial charge on any atom is 0.293 e. The number of ether oxygens (including phenoxy) is 2. The van der Waals surface area contributed by atoms with Gasteiger partial charge in [-0.1, -0.05) is 11.2 Å². The maximum atomic E-state index is 12.7. The summed E-state index contributed by atoms with van der Waals surface area (Å²) in [6.07, 6.45) is 0. The fraction of sp³-hybridized carbons (Fsp3) is 0.174. The number of amides is 1. The van der Waals surface area contributed by atoms with Crippen LogP contribution in [0.5, 0.6) is 11.5 Å². The van der Waals surface area contributed by atoms with Crippen molar-refractivity contribution in [2.45, 2.75) is 13.8 Å². The van der Waals surface area contributed by atoms with E-state index in [9.17, 15) is 9.59 Å². The SMILES string of the molecule is COc1ccc(-c2cc(NC(=O)c3cc(=O)c4ccc(C)c(C)c4o3)on2)cc1OC. The number of methoxy groups -OCH3 is 2. The van der Waals surface area contributed by atoms with Gasteiger partial charge in [-0.25, -0.2) is 0 Å². The third-order valence-corrected chi connectivity index (χ3v) is 5.07. The molecule has 0 aliphatic carbocycles. The summed E-state index contributed by atoms with van der Waals surface area (Å²) < 4.78 is 21.5. The molecule has 0 bridgehead atoms. The van der Waals surface area contributed by atoms with Gasteiger partial charge in [-0.3, -0.25) is 14.9 Å². The van der Waals surface area contributed by atoms with E-state index in [4.69, 9.17) is 18.4 Å². The molecule has 4 aromatic rings. The van der Waals surface area contributed by atoms with Crippen LogP contribution in [0.25, 0.3) is 22.2 Å². The van der Waals surface area contributed by atoms with Gasteiger partial charge < -0.3 is 18.4 Å². The Morgan fingerprint density at radius 1 is 1.00 bits per heavy atom. The molecular weight excluding hydrogens is 400 g/mol. The van der Waals surface area contributed by atoms with Gasteiger partial charge in [0.2, 0.25) is 5.88 Å². The summed E-state index contributed by atoms with van der Waals surface area (Å²) in [4.78, 5) is 25.1. The Morgan fingerprint density at radius 3 is 2.52 bits per heavy atom. The summed E-state index contributed by atoms with van der Waals surface area (Å²) in [7, 11) is 3.09. The summed E-state index contributed by atoms with van der Waals surface area (Å²) in [6.45, 7) is 3.75. The van der Waals surface area contributed by atoms with E-state index in [-0.39, 0.29) is 17.1 Å². The largest absolute Gasteiger partial charge is 0.493 e. The molecule has 0 aliphatic heterocycles. The lowest BCUT2D eigenvalue weighted by Gasteiger charge is -2.07. The number of benzene rings is 2. The summed E-state index contributed by atoms with van der Waals surface area (Å²) in [5.41, 5.74) is 3.06. The second-order valence-electron chi connectivity index (χ2n) is 6.96. The number of carbonyl (C=O) groups excluding carboxylic acids is 1. The Labute approximate surface area is 177 Å². The van der Waals surface area contributed by atoms with Crippen molar-refractivity contribution in [2.75, 3.05) is 19.5 Å². The first-order valence-corrected chi connectivity index (χ1v) is 9.45. The molecule has 8 heteroatoms. The van der Waals surface area contributed by atoms with Gasteiger partial charge in [-0.15, -0.1) is 0 Å². The summed E-state index contributed by atoms with van der Waals surface area (Å²) >= 11 is 0. The van der Waals surface area contributed by atoms with Crippen molar-refractivity contribution in [1.29, 1.82) is 0 Å². The third-order valence-electron chi connectivity index (χ3n) is 5.07. The van der Waals surface area contributed by atoms with Crippen LogP contribution in [0.3, 0.4) is 0 Å². The molecule has 0 unspecified atom stereocenters. The quantitative estimate of drug-likeness (QED) is 0.512. The van der Waals surface area contributed by atoms with Crippen LogP contribution >= 0.6 is 0 Å². The number of rotatable bonds is 5. The molecule has 158 valence electrons. The van der Waals surface area contributed by atoms with E-state index in [0.717, 1.165) is 17.2 Å². The number of nitrogens with one attached hydrogen (secondary N) is 1. The molecule has 2 aromatic heterocycles. The number of aromatic nitrogens is 1. The average molecular weight is 420 g/mol. The van der Waals surface area contributed by atoms with E-state index in [1.54, 1.807) is 37.4 Å². The zero-order valence-corrected chi connectivity index (χ0v) is 17.4. The molecule has 0 aliphatic rings. The van der Waals surface area contributed by atoms with E-state index in [1.807, 2.05) is 19.9 Å². The third kappa shape index (κ3) is 3.75. The van der Waals surface area contributed by atoms with Gasteiger partial charge in [0.05, 0.1) is 19.6 Å². The Kier molecular flexibility index (Phi) is 5.21. The van der Waals surface area contributed by atoms with E-state index >= 15 is 0 Å². The summed E-state index contributed by atoms with van der Waals surface area (Å²) in [5.74, 6) is 0.501. The lowest BCUT2D eigenvalue weighted by molar-refractivity contribution is 0.0994. The van der Waals surface area contributed by atoms with Crippen molar-refractivity contribution in [3.05, 3.63) is 69.6 Å². The van der Waals surface area contributed by atoms with Crippen molar-refractivity contribution in [3.8, 4) is 22.8 Å². The molecule has 0 fully saturated rings. The van der Waals surface area contributed by atoms with Crippen LogP contribution in [0.15, 0.2) is 56.2 Å².